The van der Waals surface area contributed by atoms with E-state index >= 15 is 0 Å². The molecule has 0 amide bonds. The molecule has 0 spiro atoms. The first-order valence-electron chi connectivity index (χ1n) is 8.89. The highest BCUT2D eigenvalue weighted by Gasteiger charge is 2.25. The topological polar surface area (TPSA) is 102 Å². The van der Waals surface area contributed by atoms with Crippen LogP contribution in [0.4, 0.5) is 5.95 Å². The van der Waals surface area contributed by atoms with E-state index in [0.29, 0.717) is 35.2 Å². The summed E-state index contributed by atoms with van der Waals surface area (Å²) in [5, 5.41) is 0.613. The number of aromatic amines is 1. The van der Waals surface area contributed by atoms with Crippen molar-refractivity contribution in [2.75, 3.05) is 18.0 Å². The molecule has 1 atom stereocenters. The van der Waals surface area contributed by atoms with E-state index in [1.54, 1.807) is 7.05 Å². The first kappa shape index (κ1) is 17.8. The van der Waals surface area contributed by atoms with E-state index < -0.39 is 11.2 Å². The number of aryl methyl sites for hydroxylation is 1. The zero-order valence-corrected chi connectivity index (χ0v) is 15.7. The van der Waals surface area contributed by atoms with E-state index in [9.17, 15) is 9.59 Å². The molecule has 0 radical (unpaired) electrons. The highest BCUT2D eigenvalue weighted by Crippen LogP contribution is 2.25. The van der Waals surface area contributed by atoms with Crippen LogP contribution < -0.4 is 21.9 Å². The molecule has 1 aliphatic heterocycles. The van der Waals surface area contributed by atoms with Gasteiger partial charge in [0.15, 0.2) is 11.2 Å². The Morgan fingerprint density at radius 1 is 1.33 bits per heavy atom. The lowest BCUT2D eigenvalue weighted by Crippen LogP contribution is -2.44. The van der Waals surface area contributed by atoms with Gasteiger partial charge in [0, 0.05) is 31.2 Å². The molecule has 8 nitrogen and oxygen atoms in total. The van der Waals surface area contributed by atoms with Gasteiger partial charge in [0.2, 0.25) is 5.95 Å². The van der Waals surface area contributed by atoms with Crippen molar-refractivity contribution in [2.45, 2.75) is 25.4 Å². The molecule has 2 aromatic heterocycles. The highest BCUT2D eigenvalue weighted by atomic mass is 35.5. The summed E-state index contributed by atoms with van der Waals surface area (Å²) in [7, 11) is 1.60. The third-order valence-corrected chi connectivity index (χ3v) is 5.38. The number of nitrogens with zero attached hydrogens (tertiary/aromatic N) is 4. The van der Waals surface area contributed by atoms with Crippen molar-refractivity contribution in [2.24, 2.45) is 12.8 Å². The van der Waals surface area contributed by atoms with E-state index in [2.05, 4.69) is 14.9 Å². The summed E-state index contributed by atoms with van der Waals surface area (Å²) in [6.07, 6.45) is 1.91. The van der Waals surface area contributed by atoms with Gasteiger partial charge in [-0.15, -0.1) is 0 Å². The van der Waals surface area contributed by atoms with E-state index in [-0.39, 0.29) is 6.04 Å². The molecule has 0 aliphatic carbocycles. The Labute approximate surface area is 160 Å². The van der Waals surface area contributed by atoms with Crippen LogP contribution in [-0.4, -0.2) is 38.2 Å². The fraction of sp³-hybridized carbons (Fsp3) is 0.389. The number of H-pyrrole nitrogens is 1. The fourth-order valence-electron chi connectivity index (χ4n) is 3.60. The number of benzene rings is 1. The van der Waals surface area contributed by atoms with Gasteiger partial charge in [0.1, 0.15) is 0 Å². The van der Waals surface area contributed by atoms with Crippen LogP contribution in [-0.2, 0) is 13.6 Å². The van der Waals surface area contributed by atoms with Gasteiger partial charge >= 0.3 is 5.69 Å². The maximum Gasteiger partial charge on any atom is 0.329 e. The van der Waals surface area contributed by atoms with Crippen molar-refractivity contribution in [3.8, 4) is 0 Å². The standard InChI is InChI=1S/C18H21ClN6O2/c1-23-15-14(16(26)22-18(23)27)25(9-11-5-2-3-7-13(11)19)17(21-15)24-8-4-6-12(20)10-24/h2-3,5,7,12H,4,6,8-10,20H2,1H3,(H,22,26,27)/t12-/m1/s1. The van der Waals surface area contributed by atoms with Crippen LogP contribution in [0.3, 0.4) is 0 Å². The number of piperidine rings is 1. The summed E-state index contributed by atoms with van der Waals surface area (Å²) in [5.74, 6) is 0.631. The smallest absolute Gasteiger partial charge is 0.329 e. The summed E-state index contributed by atoms with van der Waals surface area (Å²) < 4.78 is 3.18. The molecule has 1 aliphatic rings. The Hall–Kier alpha value is -2.58. The summed E-state index contributed by atoms with van der Waals surface area (Å²) in [4.78, 5) is 33.7. The summed E-state index contributed by atoms with van der Waals surface area (Å²) in [6.45, 7) is 1.82. The largest absolute Gasteiger partial charge is 0.341 e. The van der Waals surface area contributed by atoms with E-state index in [4.69, 9.17) is 17.3 Å². The molecular weight excluding hydrogens is 368 g/mol. The average Bonchev–Trinajstić information content (AvgIpc) is 3.02. The Kier molecular flexibility index (Phi) is 4.53. The number of halogens is 1. The van der Waals surface area contributed by atoms with Gasteiger partial charge in [-0.25, -0.2) is 4.79 Å². The predicted octanol–water partition coefficient (Wildman–Crippen LogP) is 1.05. The van der Waals surface area contributed by atoms with E-state index in [1.807, 2.05) is 28.8 Å². The number of rotatable bonds is 3. The zero-order valence-electron chi connectivity index (χ0n) is 15.0. The second-order valence-corrected chi connectivity index (χ2v) is 7.34. The van der Waals surface area contributed by atoms with Crippen LogP contribution in [0.5, 0.6) is 0 Å². The predicted molar refractivity (Wildman–Crippen MR) is 106 cm³/mol. The first-order valence-corrected chi connectivity index (χ1v) is 9.27. The molecule has 3 N–H and O–H groups in total. The fourth-order valence-corrected chi connectivity index (χ4v) is 3.80. The number of anilines is 1. The zero-order chi connectivity index (χ0) is 19.1. The minimum atomic E-state index is -0.489. The lowest BCUT2D eigenvalue weighted by molar-refractivity contribution is 0.495. The van der Waals surface area contributed by atoms with Crippen LogP contribution in [0.2, 0.25) is 5.02 Å². The second-order valence-electron chi connectivity index (χ2n) is 6.93. The quantitative estimate of drug-likeness (QED) is 0.698. The number of imidazole rings is 1. The molecule has 0 bridgehead atoms. The third-order valence-electron chi connectivity index (χ3n) is 5.01. The number of fused-ring (bicyclic) bond motifs is 1. The minimum Gasteiger partial charge on any atom is -0.341 e. The summed E-state index contributed by atoms with van der Waals surface area (Å²) in [5.41, 5.74) is 6.77. The number of nitrogens with one attached hydrogen (secondary N) is 1. The van der Waals surface area contributed by atoms with Crippen molar-refractivity contribution < 1.29 is 0 Å². The Morgan fingerprint density at radius 3 is 2.85 bits per heavy atom. The maximum atomic E-state index is 12.6. The average molecular weight is 389 g/mol. The van der Waals surface area contributed by atoms with Gasteiger partial charge in [-0.2, -0.15) is 4.98 Å². The molecule has 0 saturated carbocycles. The van der Waals surface area contributed by atoms with E-state index in [0.717, 1.165) is 24.9 Å². The number of aromatic nitrogens is 4. The maximum absolute atomic E-state index is 12.6. The SMILES string of the molecule is Cn1c(=O)[nH]c(=O)c2c1nc(N1CCC[C@@H](N)C1)n2Cc1ccccc1Cl. The van der Waals surface area contributed by atoms with Gasteiger partial charge in [-0.3, -0.25) is 18.9 Å². The molecule has 1 fully saturated rings. The van der Waals surface area contributed by atoms with Crippen molar-refractivity contribution >= 4 is 28.7 Å². The molecule has 4 rings (SSSR count). The van der Waals surface area contributed by atoms with Crippen LogP contribution in [0.1, 0.15) is 18.4 Å². The first-order chi connectivity index (χ1) is 13.0. The Bertz CT molecular complexity index is 1120. The Morgan fingerprint density at radius 2 is 2.11 bits per heavy atom. The molecule has 1 saturated heterocycles. The number of hydrogen-bond acceptors (Lipinski definition) is 5. The molecule has 9 heteroatoms. The van der Waals surface area contributed by atoms with Gasteiger partial charge in [-0.1, -0.05) is 29.8 Å². The normalized spacial score (nSPS) is 17.6. The molecule has 1 aromatic carbocycles. The minimum absolute atomic E-state index is 0.0504. The lowest BCUT2D eigenvalue weighted by atomic mass is 10.1. The third kappa shape index (κ3) is 3.15. The molecule has 3 aromatic rings. The van der Waals surface area contributed by atoms with Crippen molar-refractivity contribution in [3.05, 3.63) is 55.7 Å². The van der Waals surface area contributed by atoms with Crippen molar-refractivity contribution in [3.63, 3.8) is 0 Å². The van der Waals surface area contributed by atoms with Gasteiger partial charge in [-0.05, 0) is 24.5 Å². The molecule has 3 heterocycles. The van der Waals surface area contributed by atoms with Gasteiger partial charge in [0.25, 0.3) is 5.56 Å². The van der Waals surface area contributed by atoms with Crippen LogP contribution in [0, 0.1) is 0 Å². The molecular formula is C18H21ClN6O2. The van der Waals surface area contributed by atoms with Crippen LogP contribution in [0.25, 0.3) is 11.2 Å². The highest BCUT2D eigenvalue weighted by molar-refractivity contribution is 6.31. The lowest BCUT2D eigenvalue weighted by Gasteiger charge is -2.31. The monoisotopic (exact) mass is 388 g/mol. The van der Waals surface area contributed by atoms with Gasteiger partial charge < -0.3 is 10.6 Å². The van der Waals surface area contributed by atoms with Gasteiger partial charge in [0.05, 0.1) is 6.54 Å². The van der Waals surface area contributed by atoms with E-state index in [1.165, 1.54) is 4.57 Å². The Balaban J connectivity index is 1.94. The second kappa shape index (κ2) is 6.86. The summed E-state index contributed by atoms with van der Waals surface area (Å²) >= 11 is 6.34. The number of hydrogen-bond donors (Lipinski definition) is 2. The number of nitrogens with two attached hydrogens (primary N) is 1. The van der Waals surface area contributed by atoms with Crippen LogP contribution >= 0.6 is 11.6 Å². The van der Waals surface area contributed by atoms with Crippen molar-refractivity contribution in [1.29, 1.82) is 0 Å². The molecule has 0 unspecified atom stereocenters. The molecule has 142 valence electrons. The summed E-state index contributed by atoms with van der Waals surface area (Å²) in [6, 6.07) is 7.53. The molecule has 27 heavy (non-hydrogen) atoms. The van der Waals surface area contributed by atoms with Crippen molar-refractivity contribution in [1.82, 2.24) is 19.1 Å². The van der Waals surface area contributed by atoms with Crippen LogP contribution in [0.15, 0.2) is 33.9 Å².